The third kappa shape index (κ3) is 4.72. The molecule has 0 saturated carbocycles. The highest BCUT2D eigenvalue weighted by Gasteiger charge is 2.27. The molecular weight excluding hydrogens is 651 g/mol. The molecule has 3 heterocycles. The van der Waals surface area contributed by atoms with Crippen LogP contribution in [0.15, 0.2) is 136 Å². The second kappa shape index (κ2) is 11.7. The van der Waals surface area contributed by atoms with Crippen LogP contribution in [0.4, 0.5) is 0 Å². The van der Waals surface area contributed by atoms with E-state index >= 15 is 0 Å². The third-order valence-corrected chi connectivity index (χ3v) is 10.7. The first kappa shape index (κ1) is 31.1. The number of hydrogen-bond acceptors (Lipinski definition) is 4. The lowest BCUT2D eigenvalue weighted by Crippen LogP contribution is -2.09. The quantitative estimate of drug-likeness (QED) is 0.181. The number of fused-ring (bicyclic) bond motifs is 9. The molecule has 0 fully saturated rings. The standard InChI is InChI=1S/C48H35N3O2/c1-27(2)37-22-32(30-11-6-5-7-12-30)23-38(28(3)4)45(37)51-46-33-14-9-8-13-31(33)18-20-41(46)50-48(51)36-16-10-15-35-40-25-43-39(24-44(40)53-47(35)36)34-19-17-29(26-49)21-42(34)52-43/h5-25,27-28H,1-4H3. The summed E-state index contributed by atoms with van der Waals surface area (Å²) in [4.78, 5) is 5.47. The zero-order valence-electron chi connectivity index (χ0n) is 29.9. The van der Waals surface area contributed by atoms with E-state index in [0.29, 0.717) is 11.1 Å². The van der Waals surface area contributed by atoms with Crippen molar-refractivity contribution in [1.82, 2.24) is 9.55 Å². The van der Waals surface area contributed by atoms with E-state index in [2.05, 4.69) is 148 Å². The van der Waals surface area contributed by atoms with E-state index in [1.165, 1.54) is 33.3 Å². The van der Waals surface area contributed by atoms with Crippen molar-refractivity contribution in [2.24, 2.45) is 0 Å². The number of imidazole rings is 1. The van der Waals surface area contributed by atoms with Gasteiger partial charge in [0.05, 0.1) is 33.9 Å². The van der Waals surface area contributed by atoms with Crippen LogP contribution in [0.2, 0.25) is 0 Å². The Kier molecular flexibility index (Phi) is 6.87. The molecule has 5 heteroatoms. The first-order valence-corrected chi connectivity index (χ1v) is 18.2. The lowest BCUT2D eigenvalue weighted by molar-refractivity contribution is 0.664. The van der Waals surface area contributed by atoms with Crippen molar-refractivity contribution in [3.8, 4) is 34.3 Å². The molecule has 0 amide bonds. The van der Waals surface area contributed by atoms with E-state index in [1.807, 2.05) is 12.1 Å². The van der Waals surface area contributed by atoms with Gasteiger partial charge in [0.2, 0.25) is 0 Å². The molecule has 0 saturated heterocycles. The molecule has 0 spiro atoms. The summed E-state index contributed by atoms with van der Waals surface area (Å²) in [5.74, 6) is 1.32. The van der Waals surface area contributed by atoms with Gasteiger partial charge in [-0.1, -0.05) is 100 Å². The van der Waals surface area contributed by atoms with Crippen LogP contribution in [0, 0.1) is 11.3 Å². The van der Waals surface area contributed by atoms with E-state index in [0.717, 1.165) is 66.1 Å². The Balaban J connectivity index is 1.30. The summed E-state index contributed by atoms with van der Waals surface area (Å²) < 4.78 is 15.6. The average molecular weight is 686 g/mol. The third-order valence-electron chi connectivity index (χ3n) is 10.7. The van der Waals surface area contributed by atoms with Gasteiger partial charge in [0.25, 0.3) is 0 Å². The fourth-order valence-corrected chi connectivity index (χ4v) is 8.17. The largest absolute Gasteiger partial charge is 0.456 e. The molecule has 0 N–H and O–H groups in total. The molecule has 7 aromatic carbocycles. The molecule has 0 unspecified atom stereocenters. The first-order valence-electron chi connectivity index (χ1n) is 18.2. The normalized spacial score (nSPS) is 12.1. The van der Waals surface area contributed by atoms with Crippen molar-refractivity contribution < 1.29 is 8.83 Å². The maximum Gasteiger partial charge on any atom is 0.149 e. The van der Waals surface area contributed by atoms with Gasteiger partial charge in [-0.15, -0.1) is 0 Å². The monoisotopic (exact) mass is 685 g/mol. The van der Waals surface area contributed by atoms with Crippen molar-refractivity contribution in [3.05, 3.63) is 144 Å². The summed E-state index contributed by atoms with van der Waals surface area (Å²) in [6, 6.07) is 46.6. The molecule has 0 aliphatic heterocycles. The van der Waals surface area contributed by atoms with Gasteiger partial charge < -0.3 is 8.83 Å². The Bertz CT molecular complexity index is 3100. The molecule has 0 aliphatic rings. The maximum atomic E-state index is 9.45. The Labute approximate surface area is 306 Å². The number of furan rings is 2. The van der Waals surface area contributed by atoms with Crippen LogP contribution in [0.3, 0.4) is 0 Å². The Morgan fingerprint density at radius 3 is 2.02 bits per heavy atom. The highest BCUT2D eigenvalue weighted by atomic mass is 16.3. The van der Waals surface area contributed by atoms with Crippen molar-refractivity contribution in [3.63, 3.8) is 0 Å². The Hall–Kier alpha value is -6.64. The second-order valence-electron chi connectivity index (χ2n) is 14.7. The minimum absolute atomic E-state index is 0.239. The van der Waals surface area contributed by atoms with E-state index in [-0.39, 0.29) is 11.8 Å². The molecular formula is C48H35N3O2. The molecule has 0 radical (unpaired) electrons. The molecule has 0 aliphatic carbocycles. The summed E-state index contributed by atoms with van der Waals surface area (Å²) in [5, 5.41) is 15.7. The van der Waals surface area contributed by atoms with Gasteiger partial charge in [-0.2, -0.15) is 5.26 Å². The smallest absolute Gasteiger partial charge is 0.149 e. The van der Waals surface area contributed by atoms with Gasteiger partial charge in [0.15, 0.2) is 0 Å². The summed E-state index contributed by atoms with van der Waals surface area (Å²) in [7, 11) is 0. The number of benzene rings is 7. The van der Waals surface area contributed by atoms with Gasteiger partial charge in [-0.05, 0) is 94.1 Å². The molecule has 5 nitrogen and oxygen atoms in total. The fraction of sp³-hybridized carbons (Fsp3) is 0.125. The number of nitriles is 1. The van der Waals surface area contributed by atoms with Crippen molar-refractivity contribution in [2.45, 2.75) is 39.5 Å². The molecule has 0 atom stereocenters. The molecule has 10 rings (SSSR count). The van der Waals surface area contributed by atoms with Crippen LogP contribution in [-0.4, -0.2) is 9.55 Å². The predicted molar refractivity (Wildman–Crippen MR) is 217 cm³/mol. The fourth-order valence-electron chi connectivity index (χ4n) is 8.17. The molecule has 10 aromatic rings. The number of para-hydroxylation sites is 1. The summed E-state index contributed by atoms with van der Waals surface area (Å²) in [6.45, 7) is 9.15. The average Bonchev–Trinajstić information content (AvgIpc) is 3.87. The van der Waals surface area contributed by atoms with Crippen LogP contribution in [0.1, 0.15) is 56.2 Å². The molecule has 0 bridgehead atoms. The molecule has 254 valence electrons. The van der Waals surface area contributed by atoms with Crippen LogP contribution in [0.5, 0.6) is 0 Å². The lowest BCUT2D eigenvalue weighted by Gasteiger charge is -2.24. The highest BCUT2D eigenvalue weighted by molar-refractivity contribution is 6.17. The van der Waals surface area contributed by atoms with E-state index in [1.54, 1.807) is 6.07 Å². The highest BCUT2D eigenvalue weighted by Crippen LogP contribution is 2.45. The summed E-state index contributed by atoms with van der Waals surface area (Å²) >= 11 is 0. The zero-order chi connectivity index (χ0) is 36.0. The number of nitrogens with zero attached hydrogens (tertiary/aromatic N) is 3. The second-order valence-corrected chi connectivity index (χ2v) is 14.7. The topological polar surface area (TPSA) is 67.9 Å². The van der Waals surface area contributed by atoms with E-state index in [9.17, 15) is 5.26 Å². The zero-order valence-corrected chi connectivity index (χ0v) is 29.9. The minimum atomic E-state index is 0.239. The summed E-state index contributed by atoms with van der Waals surface area (Å²) in [5.41, 5.74) is 12.7. The SMILES string of the molecule is CC(C)c1cc(-c2ccccc2)cc(C(C)C)c1-n1c(-c2cccc3c2oc2cc4c(cc23)oc2cc(C#N)ccc24)nc2ccc3ccccc3c21. The van der Waals surface area contributed by atoms with Crippen molar-refractivity contribution in [2.75, 3.05) is 0 Å². The maximum absolute atomic E-state index is 9.45. The number of aromatic nitrogens is 2. The molecule has 3 aromatic heterocycles. The van der Waals surface area contributed by atoms with Gasteiger partial charge in [0, 0.05) is 26.9 Å². The van der Waals surface area contributed by atoms with Gasteiger partial charge >= 0.3 is 0 Å². The van der Waals surface area contributed by atoms with Crippen LogP contribution in [-0.2, 0) is 0 Å². The lowest BCUT2D eigenvalue weighted by atomic mass is 9.88. The Morgan fingerprint density at radius 2 is 1.26 bits per heavy atom. The van der Waals surface area contributed by atoms with Gasteiger partial charge in [-0.3, -0.25) is 4.57 Å². The van der Waals surface area contributed by atoms with Crippen LogP contribution >= 0.6 is 0 Å². The summed E-state index contributed by atoms with van der Waals surface area (Å²) in [6.07, 6.45) is 0. The van der Waals surface area contributed by atoms with Crippen LogP contribution < -0.4 is 0 Å². The van der Waals surface area contributed by atoms with Gasteiger partial charge in [0.1, 0.15) is 28.2 Å². The Morgan fingerprint density at radius 1 is 0.585 bits per heavy atom. The van der Waals surface area contributed by atoms with E-state index < -0.39 is 0 Å². The van der Waals surface area contributed by atoms with Crippen molar-refractivity contribution in [1.29, 1.82) is 5.26 Å². The van der Waals surface area contributed by atoms with Crippen LogP contribution in [0.25, 0.3) is 93.9 Å². The first-order chi connectivity index (χ1) is 25.9. The predicted octanol–water partition coefficient (Wildman–Crippen LogP) is 13.4. The van der Waals surface area contributed by atoms with Gasteiger partial charge in [-0.25, -0.2) is 4.98 Å². The number of rotatable bonds is 5. The number of hydrogen-bond donors (Lipinski definition) is 0. The molecule has 53 heavy (non-hydrogen) atoms. The van der Waals surface area contributed by atoms with E-state index in [4.69, 9.17) is 13.8 Å². The minimum Gasteiger partial charge on any atom is -0.456 e. The van der Waals surface area contributed by atoms with Crippen molar-refractivity contribution >= 4 is 65.7 Å².